The second-order valence-corrected chi connectivity index (χ2v) is 9.61. The zero-order valence-corrected chi connectivity index (χ0v) is 20.5. The third kappa shape index (κ3) is 5.73. The molecule has 34 heavy (non-hydrogen) atoms. The largest absolute Gasteiger partial charge is 0.489 e. The van der Waals surface area contributed by atoms with E-state index in [0.29, 0.717) is 27.3 Å². The Hall–Kier alpha value is -3.42. The topological polar surface area (TPSA) is 58.6 Å². The fourth-order valence-corrected chi connectivity index (χ4v) is 4.82. The first kappa shape index (κ1) is 23.7. The number of hydrogen-bond acceptors (Lipinski definition) is 5. The van der Waals surface area contributed by atoms with Crippen LogP contribution in [-0.2, 0) is 16.2 Å². The Kier molecular flexibility index (Phi) is 7.45. The van der Waals surface area contributed by atoms with E-state index in [1.54, 1.807) is 13.0 Å². The minimum Gasteiger partial charge on any atom is -0.489 e. The van der Waals surface area contributed by atoms with Crippen molar-refractivity contribution in [2.24, 2.45) is 0 Å². The van der Waals surface area contributed by atoms with Gasteiger partial charge in [0.25, 0.3) is 5.91 Å². The molecule has 1 heterocycles. The average molecular weight is 489 g/mol. The second kappa shape index (κ2) is 10.7. The molecule has 0 bridgehead atoms. The molecule has 5 nitrogen and oxygen atoms in total. The van der Waals surface area contributed by atoms with Gasteiger partial charge in [0.2, 0.25) is 5.91 Å². The number of carbonyl (C=O) groups is 2. The highest BCUT2D eigenvalue weighted by atomic mass is 32.2. The molecule has 4 rings (SSSR count). The number of nitrogens with zero attached hydrogens (tertiary/aromatic N) is 1. The lowest BCUT2D eigenvalue weighted by molar-refractivity contribution is -0.129. The van der Waals surface area contributed by atoms with Gasteiger partial charge in [-0.3, -0.25) is 14.5 Å². The van der Waals surface area contributed by atoms with Gasteiger partial charge in [-0.05, 0) is 55.3 Å². The van der Waals surface area contributed by atoms with E-state index in [2.05, 4.69) is 5.32 Å². The first-order chi connectivity index (χ1) is 16.4. The van der Waals surface area contributed by atoms with Crippen LogP contribution in [0.4, 0.5) is 5.69 Å². The number of rotatable bonds is 7. The summed E-state index contributed by atoms with van der Waals surface area (Å²) in [5.41, 5.74) is 3.67. The van der Waals surface area contributed by atoms with Crippen LogP contribution in [0.5, 0.6) is 5.75 Å². The number of nitrogens with one attached hydrogen (secondary N) is 1. The van der Waals surface area contributed by atoms with Crippen molar-refractivity contribution >= 4 is 51.9 Å². The molecule has 1 N–H and O–H groups in total. The Morgan fingerprint density at radius 3 is 2.56 bits per heavy atom. The van der Waals surface area contributed by atoms with Gasteiger partial charge in [-0.15, -0.1) is 0 Å². The van der Waals surface area contributed by atoms with Crippen molar-refractivity contribution in [2.45, 2.75) is 26.5 Å². The van der Waals surface area contributed by atoms with Gasteiger partial charge in [0, 0.05) is 5.69 Å². The molecule has 0 aliphatic carbocycles. The molecule has 1 unspecified atom stereocenters. The molecule has 1 aliphatic heterocycles. The highest BCUT2D eigenvalue weighted by Crippen LogP contribution is 2.34. The molecule has 0 aromatic heterocycles. The number of anilines is 1. The quantitative estimate of drug-likeness (QED) is 0.336. The molecule has 7 heteroatoms. The maximum absolute atomic E-state index is 13.1. The third-order valence-electron chi connectivity index (χ3n) is 5.31. The number of carbonyl (C=O) groups excluding carboxylic acids is 2. The average Bonchev–Trinajstić information content (AvgIpc) is 3.12. The van der Waals surface area contributed by atoms with Gasteiger partial charge in [-0.1, -0.05) is 84.1 Å². The molecule has 1 atom stereocenters. The minimum absolute atomic E-state index is 0.280. The second-order valence-electron chi connectivity index (χ2n) is 7.93. The van der Waals surface area contributed by atoms with Gasteiger partial charge < -0.3 is 10.1 Å². The number of aryl methyl sites for hydroxylation is 1. The Labute approximate surface area is 208 Å². The summed E-state index contributed by atoms with van der Waals surface area (Å²) in [6.45, 7) is 4.11. The van der Waals surface area contributed by atoms with E-state index in [9.17, 15) is 9.59 Å². The minimum atomic E-state index is -0.736. The van der Waals surface area contributed by atoms with Gasteiger partial charge in [0.15, 0.2) is 0 Å². The monoisotopic (exact) mass is 488 g/mol. The lowest BCUT2D eigenvalue weighted by atomic mass is 10.2. The smallest absolute Gasteiger partial charge is 0.266 e. The normalized spacial score (nSPS) is 15.5. The lowest BCUT2D eigenvalue weighted by Gasteiger charge is -2.22. The predicted octanol–water partition coefficient (Wildman–Crippen LogP) is 5.80. The lowest BCUT2D eigenvalue weighted by Crippen LogP contribution is -2.44. The van der Waals surface area contributed by atoms with E-state index < -0.39 is 6.04 Å². The maximum atomic E-state index is 13.1. The summed E-state index contributed by atoms with van der Waals surface area (Å²) in [5, 5.41) is 2.85. The van der Waals surface area contributed by atoms with Crippen molar-refractivity contribution in [3.05, 3.63) is 100 Å². The van der Waals surface area contributed by atoms with Gasteiger partial charge >= 0.3 is 0 Å². The highest BCUT2D eigenvalue weighted by molar-refractivity contribution is 8.26. The summed E-state index contributed by atoms with van der Waals surface area (Å²) in [4.78, 5) is 27.7. The van der Waals surface area contributed by atoms with Crippen LogP contribution >= 0.6 is 24.0 Å². The molecular weight excluding hydrogens is 464 g/mol. The van der Waals surface area contributed by atoms with Crippen LogP contribution in [0.25, 0.3) is 6.08 Å². The van der Waals surface area contributed by atoms with Crippen LogP contribution in [0, 0.1) is 6.92 Å². The summed E-state index contributed by atoms with van der Waals surface area (Å²) in [6.07, 6.45) is 1.78. The van der Waals surface area contributed by atoms with E-state index in [0.717, 1.165) is 16.7 Å². The molecule has 0 radical (unpaired) electrons. The number of thiocarbonyl (C=S) groups is 1. The molecule has 0 saturated carbocycles. The van der Waals surface area contributed by atoms with Crippen molar-refractivity contribution in [2.75, 3.05) is 5.32 Å². The van der Waals surface area contributed by atoms with E-state index in [1.165, 1.54) is 16.7 Å². The van der Waals surface area contributed by atoms with Crippen molar-refractivity contribution in [3.8, 4) is 5.75 Å². The summed E-state index contributed by atoms with van der Waals surface area (Å²) < 4.78 is 6.25. The number of benzene rings is 3. The predicted molar refractivity (Wildman–Crippen MR) is 141 cm³/mol. The molecule has 3 aromatic carbocycles. The summed E-state index contributed by atoms with van der Waals surface area (Å²) >= 11 is 6.63. The van der Waals surface area contributed by atoms with Crippen molar-refractivity contribution in [1.82, 2.24) is 4.90 Å². The van der Waals surface area contributed by atoms with Crippen LogP contribution in [0.1, 0.15) is 23.6 Å². The van der Waals surface area contributed by atoms with Crippen molar-refractivity contribution in [3.63, 3.8) is 0 Å². The Bertz CT molecular complexity index is 1240. The molecule has 3 aromatic rings. The zero-order chi connectivity index (χ0) is 24.1. The van der Waals surface area contributed by atoms with Crippen LogP contribution in [0.15, 0.2) is 83.8 Å². The Morgan fingerprint density at radius 1 is 1.09 bits per heavy atom. The summed E-state index contributed by atoms with van der Waals surface area (Å²) in [5.74, 6) is 0.133. The van der Waals surface area contributed by atoms with Crippen LogP contribution in [-0.4, -0.2) is 27.1 Å². The van der Waals surface area contributed by atoms with Gasteiger partial charge in [0.05, 0.1) is 4.91 Å². The molecule has 2 amide bonds. The van der Waals surface area contributed by atoms with Crippen LogP contribution < -0.4 is 10.1 Å². The molecule has 0 spiro atoms. The van der Waals surface area contributed by atoms with Gasteiger partial charge in [-0.2, -0.15) is 0 Å². The van der Waals surface area contributed by atoms with Gasteiger partial charge in [0.1, 0.15) is 22.7 Å². The number of thioether (sulfide) groups is 1. The Balaban J connectivity index is 1.44. The highest BCUT2D eigenvalue weighted by Gasteiger charge is 2.38. The molecule has 1 fully saturated rings. The third-order valence-corrected chi connectivity index (χ3v) is 6.64. The standard InChI is InChI=1S/C27H24N2O3S2/c1-18-11-13-22(14-12-18)28-25(30)19(2)29-26(31)24(34-27(29)33)16-21-9-6-10-23(15-21)32-17-20-7-4-3-5-8-20/h3-16,19H,17H2,1-2H3,(H,28,30)/b24-16-. The number of amides is 2. The van der Waals surface area contributed by atoms with Crippen LogP contribution in [0.3, 0.4) is 0 Å². The van der Waals surface area contributed by atoms with E-state index in [1.807, 2.05) is 85.8 Å². The fourth-order valence-electron chi connectivity index (χ4n) is 3.40. The molecular formula is C27H24N2O3S2. The number of ether oxygens (including phenoxy) is 1. The van der Waals surface area contributed by atoms with Crippen molar-refractivity contribution in [1.29, 1.82) is 0 Å². The van der Waals surface area contributed by atoms with E-state index in [4.69, 9.17) is 17.0 Å². The molecule has 1 aliphatic rings. The Morgan fingerprint density at radius 2 is 1.82 bits per heavy atom. The van der Waals surface area contributed by atoms with Gasteiger partial charge in [-0.25, -0.2) is 0 Å². The van der Waals surface area contributed by atoms with Crippen LogP contribution in [0.2, 0.25) is 0 Å². The summed E-state index contributed by atoms with van der Waals surface area (Å²) in [6, 6.07) is 24.2. The summed E-state index contributed by atoms with van der Waals surface area (Å²) in [7, 11) is 0. The fraction of sp³-hybridized carbons (Fsp3) is 0.148. The first-order valence-electron chi connectivity index (χ1n) is 10.8. The zero-order valence-electron chi connectivity index (χ0n) is 18.9. The molecule has 172 valence electrons. The number of hydrogen-bond donors (Lipinski definition) is 1. The van der Waals surface area contributed by atoms with E-state index >= 15 is 0 Å². The maximum Gasteiger partial charge on any atom is 0.266 e. The van der Waals surface area contributed by atoms with E-state index in [-0.39, 0.29) is 11.8 Å². The SMILES string of the molecule is Cc1ccc(NC(=O)C(C)N2C(=O)/C(=C/c3cccc(OCc4ccccc4)c3)SC2=S)cc1. The van der Waals surface area contributed by atoms with Crippen molar-refractivity contribution < 1.29 is 14.3 Å². The first-order valence-corrected chi connectivity index (χ1v) is 12.0. The molecule has 1 saturated heterocycles.